The maximum absolute atomic E-state index is 12.3. The topological polar surface area (TPSA) is 78.9 Å². The molecule has 2 rings (SSSR count). The maximum Gasteiger partial charge on any atom is 0.241 e. The lowest BCUT2D eigenvalue weighted by Gasteiger charge is -2.28. The molecule has 0 unspecified atom stereocenters. The van der Waals surface area contributed by atoms with Gasteiger partial charge in [0.05, 0.1) is 29.3 Å². The Labute approximate surface area is 119 Å². The van der Waals surface area contributed by atoms with E-state index < -0.39 is 15.6 Å². The molecule has 112 valence electrons. The number of hydrogen-bond donors (Lipinski definition) is 2. The SMILES string of the molecule is CN1CCOc2ccc(S(=O)(=O)NC(C)(C)CO)cc21. The van der Waals surface area contributed by atoms with Gasteiger partial charge < -0.3 is 14.7 Å². The Morgan fingerprint density at radius 3 is 2.80 bits per heavy atom. The lowest BCUT2D eigenvalue weighted by atomic mass is 10.1. The summed E-state index contributed by atoms with van der Waals surface area (Å²) < 4.78 is 32.6. The summed E-state index contributed by atoms with van der Waals surface area (Å²) in [6.45, 7) is 4.27. The van der Waals surface area contributed by atoms with Crippen molar-refractivity contribution in [1.82, 2.24) is 4.72 Å². The van der Waals surface area contributed by atoms with Crippen LogP contribution in [0.25, 0.3) is 0 Å². The van der Waals surface area contributed by atoms with Crippen LogP contribution in [0.1, 0.15) is 13.8 Å². The molecule has 1 aromatic rings. The standard InChI is InChI=1S/C13H20N2O4S/c1-13(2,9-16)14-20(17,18)10-4-5-12-11(8-10)15(3)6-7-19-12/h4-5,8,14,16H,6-7,9H2,1-3H3. The fraction of sp³-hybridized carbons (Fsp3) is 0.538. The number of likely N-dealkylation sites (N-methyl/N-ethyl adjacent to an activating group) is 1. The number of sulfonamides is 1. The Kier molecular flexibility index (Phi) is 3.95. The van der Waals surface area contributed by atoms with Crippen molar-refractivity contribution in [1.29, 1.82) is 0 Å². The van der Waals surface area contributed by atoms with Crippen LogP contribution in [-0.4, -0.2) is 45.9 Å². The highest BCUT2D eigenvalue weighted by Crippen LogP contribution is 2.32. The number of benzene rings is 1. The van der Waals surface area contributed by atoms with Crippen LogP contribution in [0.15, 0.2) is 23.1 Å². The van der Waals surface area contributed by atoms with E-state index in [2.05, 4.69) is 4.72 Å². The van der Waals surface area contributed by atoms with Gasteiger partial charge in [0, 0.05) is 7.05 Å². The van der Waals surface area contributed by atoms with Crippen molar-refractivity contribution in [3.63, 3.8) is 0 Å². The molecule has 0 saturated carbocycles. The first-order valence-electron chi connectivity index (χ1n) is 6.38. The molecule has 20 heavy (non-hydrogen) atoms. The van der Waals surface area contributed by atoms with Gasteiger partial charge in [-0.25, -0.2) is 13.1 Å². The summed E-state index contributed by atoms with van der Waals surface area (Å²) in [7, 11) is -1.79. The fourth-order valence-electron chi connectivity index (χ4n) is 1.95. The number of anilines is 1. The third kappa shape index (κ3) is 3.05. The summed E-state index contributed by atoms with van der Waals surface area (Å²) in [5.41, 5.74) is -0.155. The molecule has 0 atom stereocenters. The number of ether oxygens (including phenoxy) is 1. The molecule has 0 spiro atoms. The first-order chi connectivity index (χ1) is 9.25. The molecule has 2 N–H and O–H groups in total. The summed E-state index contributed by atoms with van der Waals surface area (Å²) in [5.74, 6) is 0.680. The molecule has 7 heteroatoms. The maximum atomic E-state index is 12.3. The van der Waals surface area contributed by atoms with Crippen molar-refractivity contribution in [2.75, 3.05) is 31.7 Å². The summed E-state index contributed by atoms with van der Waals surface area (Å²) >= 11 is 0. The van der Waals surface area contributed by atoms with Crippen LogP contribution >= 0.6 is 0 Å². The molecule has 1 heterocycles. The second-order valence-electron chi connectivity index (χ2n) is 5.55. The lowest BCUT2D eigenvalue weighted by molar-refractivity contribution is 0.208. The van der Waals surface area contributed by atoms with Crippen molar-refractivity contribution in [3.8, 4) is 5.75 Å². The van der Waals surface area contributed by atoms with Crippen LogP contribution in [0, 0.1) is 0 Å². The normalized spacial score (nSPS) is 15.7. The Hall–Kier alpha value is -1.31. The Morgan fingerprint density at radius 1 is 1.45 bits per heavy atom. The highest BCUT2D eigenvalue weighted by Gasteiger charge is 2.27. The fourth-order valence-corrected chi connectivity index (χ4v) is 3.38. The van der Waals surface area contributed by atoms with E-state index in [0.29, 0.717) is 18.9 Å². The number of nitrogens with one attached hydrogen (secondary N) is 1. The Balaban J connectivity index is 2.36. The molecule has 0 amide bonds. The smallest absolute Gasteiger partial charge is 0.241 e. The zero-order valence-corrected chi connectivity index (χ0v) is 12.7. The van der Waals surface area contributed by atoms with Crippen LogP contribution < -0.4 is 14.4 Å². The average molecular weight is 300 g/mol. The molecule has 0 aliphatic carbocycles. The van der Waals surface area contributed by atoms with Crippen LogP contribution in [0.2, 0.25) is 0 Å². The number of hydrogen-bond acceptors (Lipinski definition) is 5. The number of fused-ring (bicyclic) bond motifs is 1. The third-order valence-corrected chi connectivity index (χ3v) is 4.84. The van der Waals surface area contributed by atoms with Crippen LogP contribution in [0.5, 0.6) is 5.75 Å². The van der Waals surface area contributed by atoms with E-state index in [0.717, 1.165) is 5.69 Å². The zero-order chi connectivity index (χ0) is 15.0. The minimum atomic E-state index is -3.68. The molecule has 0 fully saturated rings. The van der Waals surface area contributed by atoms with Gasteiger partial charge >= 0.3 is 0 Å². The number of aliphatic hydroxyl groups is 1. The van der Waals surface area contributed by atoms with E-state index in [1.807, 2.05) is 11.9 Å². The first kappa shape index (κ1) is 15.1. The third-order valence-electron chi connectivity index (χ3n) is 3.14. The molecule has 1 aromatic carbocycles. The van der Waals surface area contributed by atoms with Crippen molar-refractivity contribution in [2.24, 2.45) is 0 Å². The molecule has 1 aliphatic heterocycles. The number of rotatable bonds is 4. The molecular formula is C13H20N2O4S. The monoisotopic (exact) mass is 300 g/mol. The second-order valence-corrected chi connectivity index (χ2v) is 7.23. The summed E-state index contributed by atoms with van der Waals surface area (Å²) in [6.07, 6.45) is 0. The highest BCUT2D eigenvalue weighted by molar-refractivity contribution is 7.89. The molecular weight excluding hydrogens is 280 g/mol. The van der Waals surface area contributed by atoms with Crippen molar-refractivity contribution < 1.29 is 18.3 Å². The van der Waals surface area contributed by atoms with Gasteiger partial charge in [0.1, 0.15) is 12.4 Å². The minimum Gasteiger partial charge on any atom is -0.490 e. The predicted molar refractivity (Wildman–Crippen MR) is 76.7 cm³/mol. The molecule has 0 radical (unpaired) electrons. The van der Waals surface area contributed by atoms with Crippen molar-refractivity contribution in [2.45, 2.75) is 24.3 Å². The molecule has 6 nitrogen and oxygen atoms in total. The molecule has 0 aromatic heterocycles. The summed E-state index contributed by atoms with van der Waals surface area (Å²) in [4.78, 5) is 2.12. The summed E-state index contributed by atoms with van der Waals surface area (Å²) in [5, 5.41) is 9.18. The van der Waals surface area contributed by atoms with Gasteiger partial charge in [-0.1, -0.05) is 0 Å². The first-order valence-corrected chi connectivity index (χ1v) is 7.86. The highest BCUT2D eigenvalue weighted by atomic mass is 32.2. The van der Waals surface area contributed by atoms with Crippen LogP contribution in [0.3, 0.4) is 0 Å². The number of nitrogens with zero attached hydrogens (tertiary/aromatic N) is 1. The average Bonchev–Trinajstić information content (AvgIpc) is 2.38. The molecule has 0 bridgehead atoms. The van der Waals surface area contributed by atoms with Crippen molar-refractivity contribution >= 4 is 15.7 Å². The zero-order valence-electron chi connectivity index (χ0n) is 11.9. The second kappa shape index (κ2) is 5.23. The van der Waals surface area contributed by atoms with Gasteiger partial charge in [-0.05, 0) is 32.0 Å². The van der Waals surface area contributed by atoms with Gasteiger partial charge in [-0.15, -0.1) is 0 Å². The van der Waals surface area contributed by atoms with E-state index in [9.17, 15) is 13.5 Å². The van der Waals surface area contributed by atoms with Crippen LogP contribution in [0.4, 0.5) is 5.69 Å². The van der Waals surface area contributed by atoms with Gasteiger partial charge in [-0.2, -0.15) is 0 Å². The predicted octanol–water partition coefficient (Wildman–Crippen LogP) is 0.564. The van der Waals surface area contributed by atoms with Gasteiger partial charge in [-0.3, -0.25) is 0 Å². The van der Waals surface area contributed by atoms with E-state index in [1.165, 1.54) is 6.07 Å². The summed E-state index contributed by atoms with van der Waals surface area (Å²) in [6, 6.07) is 4.75. The van der Waals surface area contributed by atoms with Gasteiger partial charge in [0.2, 0.25) is 10.0 Å². The van der Waals surface area contributed by atoms with E-state index in [4.69, 9.17) is 4.74 Å². The largest absolute Gasteiger partial charge is 0.490 e. The molecule has 1 aliphatic rings. The van der Waals surface area contributed by atoms with Gasteiger partial charge in [0.15, 0.2) is 0 Å². The van der Waals surface area contributed by atoms with E-state index in [1.54, 1.807) is 26.0 Å². The quantitative estimate of drug-likeness (QED) is 0.849. The van der Waals surface area contributed by atoms with E-state index in [-0.39, 0.29) is 11.5 Å². The van der Waals surface area contributed by atoms with Gasteiger partial charge in [0.25, 0.3) is 0 Å². The van der Waals surface area contributed by atoms with Crippen LogP contribution in [-0.2, 0) is 10.0 Å². The van der Waals surface area contributed by atoms with Crippen molar-refractivity contribution in [3.05, 3.63) is 18.2 Å². The Morgan fingerprint density at radius 2 is 2.15 bits per heavy atom. The minimum absolute atomic E-state index is 0.162. The van der Waals surface area contributed by atoms with E-state index >= 15 is 0 Å². The molecule has 0 saturated heterocycles. The number of aliphatic hydroxyl groups excluding tert-OH is 1. The Bertz CT molecular complexity index is 598. The lowest BCUT2D eigenvalue weighted by Crippen LogP contribution is -2.46.